The Morgan fingerprint density at radius 1 is 1.28 bits per heavy atom. The minimum Gasteiger partial charge on any atom is -0.478 e. The second kappa shape index (κ2) is 5.32. The summed E-state index contributed by atoms with van der Waals surface area (Å²) in [5.41, 5.74) is 0.772. The summed E-state index contributed by atoms with van der Waals surface area (Å²) in [5.74, 6) is -0.522. The molecule has 0 fully saturated rings. The molecule has 0 aliphatic carbocycles. The lowest BCUT2D eigenvalue weighted by atomic mass is 10.2. The molecule has 2 N–H and O–H groups in total. The van der Waals surface area contributed by atoms with Gasteiger partial charge in [0.1, 0.15) is 0 Å². The molecule has 1 aromatic heterocycles. The van der Waals surface area contributed by atoms with E-state index in [0.29, 0.717) is 21.1 Å². The van der Waals surface area contributed by atoms with Gasteiger partial charge < -0.3 is 10.4 Å². The van der Waals surface area contributed by atoms with Crippen LogP contribution in [-0.2, 0) is 0 Å². The summed E-state index contributed by atoms with van der Waals surface area (Å²) in [4.78, 5) is 11.0. The van der Waals surface area contributed by atoms with Gasteiger partial charge in [0.2, 0.25) is 0 Å². The SMILES string of the molecule is O=C(O)c1cc(Nc2ccc(Cl)nn2)ccc1Br. The van der Waals surface area contributed by atoms with Gasteiger partial charge in [0.25, 0.3) is 0 Å². The quantitative estimate of drug-likeness (QED) is 0.904. The van der Waals surface area contributed by atoms with Gasteiger partial charge >= 0.3 is 5.97 Å². The number of hydrogen-bond donors (Lipinski definition) is 2. The Kier molecular flexibility index (Phi) is 3.78. The summed E-state index contributed by atoms with van der Waals surface area (Å²) in [6, 6.07) is 8.12. The van der Waals surface area contributed by atoms with Gasteiger partial charge in [-0.3, -0.25) is 0 Å². The van der Waals surface area contributed by atoms with Crippen molar-refractivity contribution in [2.45, 2.75) is 0 Å². The lowest BCUT2D eigenvalue weighted by molar-refractivity contribution is 0.0696. The zero-order valence-electron chi connectivity index (χ0n) is 8.89. The molecule has 0 aliphatic heterocycles. The Morgan fingerprint density at radius 3 is 2.67 bits per heavy atom. The molecule has 18 heavy (non-hydrogen) atoms. The molecule has 0 radical (unpaired) electrons. The summed E-state index contributed by atoms with van der Waals surface area (Å²) in [6.45, 7) is 0. The molecular weight excluding hydrogens is 321 g/mol. The van der Waals surface area contributed by atoms with E-state index in [-0.39, 0.29) is 5.56 Å². The molecule has 92 valence electrons. The third-order valence-electron chi connectivity index (χ3n) is 2.10. The van der Waals surface area contributed by atoms with E-state index in [1.807, 2.05) is 0 Å². The van der Waals surface area contributed by atoms with Crippen molar-refractivity contribution in [2.75, 3.05) is 5.32 Å². The van der Waals surface area contributed by atoms with E-state index < -0.39 is 5.97 Å². The number of halogens is 2. The molecule has 0 amide bonds. The van der Waals surface area contributed by atoms with Crippen LogP contribution in [0.25, 0.3) is 0 Å². The fourth-order valence-corrected chi connectivity index (χ4v) is 1.81. The Labute approximate surface area is 116 Å². The normalized spacial score (nSPS) is 10.1. The summed E-state index contributed by atoms with van der Waals surface area (Å²) in [7, 11) is 0. The summed E-state index contributed by atoms with van der Waals surface area (Å²) >= 11 is 8.79. The van der Waals surface area contributed by atoms with E-state index >= 15 is 0 Å². The van der Waals surface area contributed by atoms with Gasteiger partial charge in [0.15, 0.2) is 11.0 Å². The smallest absolute Gasteiger partial charge is 0.336 e. The number of hydrogen-bond acceptors (Lipinski definition) is 4. The lowest BCUT2D eigenvalue weighted by Gasteiger charge is -2.06. The largest absolute Gasteiger partial charge is 0.478 e. The number of nitrogens with one attached hydrogen (secondary N) is 1. The molecule has 1 heterocycles. The highest BCUT2D eigenvalue weighted by molar-refractivity contribution is 9.10. The first-order valence-electron chi connectivity index (χ1n) is 4.85. The molecule has 0 bridgehead atoms. The molecule has 0 unspecified atom stereocenters. The first-order chi connectivity index (χ1) is 8.56. The van der Waals surface area contributed by atoms with Crippen LogP contribution in [0.4, 0.5) is 11.5 Å². The first kappa shape index (κ1) is 12.8. The number of aromatic nitrogens is 2. The molecule has 0 atom stereocenters. The molecule has 2 rings (SSSR count). The van der Waals surface area contributed by atoms with Crippen molar-refractivity contribution in [3.63, 3.8) is 0 Å². The summed E-state index contributed by atoms with van der Waals surface area (Å²) in [5, 5.41) is 19.7. The molecule has 7 heteroatoms. The average molecular weight is 329 g/mol. The van der Waals surface area contributed by atoms with Crippen molar-refractivity contribution < 1.29 is 9.90 Å². The molecule has 5 nitrogen and oxygen atoms in total. The maximum Gasteiger partial charge on any atom is 0.336 e. The van der Waals surface area contributed by atoms with Crippen molar-refractivity contribution in [2.24, 2.45) is 0 Å². The van der Waals surface area contributed by atoms with Gasteiger partial charge in [-0.15, -0.1) is 10.2 Å². The lowest BCUT2D eigenvalue weighted by Crippen LogP contribution is -2.00. The molecule has 0 saturated carbocycles. The van der Waals surface area contributed by atoms with Gasteiger partial charge in [-0.2, -0.15) is 0 Å². The standard InChI is InChI=1S/C11H7BrClN3O2/c12-8-2-1-6(5-7(8)11(17)18)14-10-4-3-9(13)15-16-10/h1-5H,(H,14,16)(H,17,18). The highest BCUT2D eigenvalue weighted by atomic mass is 79.9. The van der Waals surface area contributed by atoms with E-state index in [4.69, 9.17) is 16.7 Å². The monoisotopic (exact) mass is 327 g/mol. The number of carboxylic acid groups (broad SMARTS) is 1. The van der Waals surface area contributed by atoms with Gasteiger partial charge in [-0.1, -0.05) is 11.6 Å². The van der Waals surface area contributed by atoms with Crippen molar-refractivity contribution in [1.82, 2.24) is 10.2 Å². The molecule has 0 aliphatic rings. The zero-order chi connectivity index (χ0) is 13.1. The van der Waals surface area contributed by atoms with Crippen molar-refractivity contribution in [3.05, 3.63) is 45.5 Å². The number of aromatic carboxylic acids is 1. The van der Waals surface area contributed by atoms with Crippen LogP contribution in [0, 0.1) is 0 Å². The summed E-state index contributed by atoms with van der Waals surface area (Å²) in [6.07, 6.45) is 0. The zero-order valence-corrected chi connectivity index (χ0v) is 11.2. The number of nitrogens with zero attached hydrogens (tertiary/aromatic N) is 2. The number of rotatable bonds is 3. The van der Waals surface area contributed by atoms with Crippen LogP contribution < -0.4 is 5.32 Å². The van der Waals surface area contributed by atoms with Crippen molar-refractivity contribution in [3.8, 4) is 0 Å². The molecular formula is C11H7BrClN3O2. The maximum absolute atomic E-state index is 11.0. The Hall–Kier alpha value is -1.66. The van der Waals surface area contributed by atoms with Crippen molar-refractivity contribution >= 4 is 45.0 Å². The topological polar surface area (TPSA) is 75.1 Å². The number of carbonyl (C=O) groups is 1. The van der Waals surface area contributed by atoms with E-state index in [1.54, 1.807) is 24.3 Å². The van der Waals surface area contributed by atoms with Crippen LogP contribution in [-0.4, -0.2) is 21.3 Å². The van der Waals surface area contributed by atoms with Crippen LogP contribution in [0.15, 0.2) is 34.8 Å². The minimum atomic E-state index is -1.01. The maximum atomic E-state index is 11.0. The third kappa shape index (κ3) is 2.96. The highest BCUT2D eigenvalue weighted by Gasteiger charge is 2.09. The Balaban J connectivity index is 2.27. The van der Waals surface area contributed by atoms with E-state index in [2.05, 4.69) is 31.4 Å². The number of anilines is 2. The number of carboxylic acids is 1. The Bertz CT molecular complexity index is 589. The minimum absolute atomic E-state index is 0.168. The van der Waals surface area contributed by atoms with Crippen molar-refractivity contribution in [1.29, 1.82) is 0 Å². The Morgan fingerprint density at radius 2 is 2.06 bits per heavy atom. The third-order valence-corrected chi connectivity index (χ3v) is 2.99. The fraction of sp³-hybridized carbons (Fsp3) is 0. The molecule has 0 saturated heterocycles. The fourth-order valence-electron chi connectivity index (χ4n) is 1.30. The van der Waals surface area contributed by atoms with Crippen LogP contribution in [0.1, 0.15) is 10.4 Å². The molecule has 1 aromatic carbocycles. The molecule has 2 aromatic rings. The second-order valence-corrected chi connectivity index (χ2v) is 4.61. The van der Waals surface area contributed by atoms with Gasteiger partial charge in [-0.05, 0) is 46.3 Å². The average Bonchev–Trinajstić information content (AvgIpc) is 2.34. The van der Waals surface area contributed by atoms with Crippen LogP contribution in [0.2, 0.25) is 5.15 Å². The predicted octanol–water partition coefficient (Wildman–Crippen LogP) is 3.33. The predicted molar refractivity (Wildman–Crippen MR) is 71.4 cm³/mol. The van der Waals surface area contributed by atoms with Gasteiger partial charge in [0.05, 0.1) is 5.56 Å². The van der Waals surface area contributed by atoms with Gasteiger partial charge in [0, 0.05) is 10.2 Å². The first-order valence-corrected chi connectivity index (χ1v) is 6.02. The van der Waals surface area contributed by atoms with Crippen LogP contribution in [0.3, 0.4) is 0 Å². The van der Waals surface area contributed by atoms with E-state index in [9.17, 15) is 4.79 Å². The van der Waals surface area contributed by atoms with Crippen LogP contribution in [0.5, 0.6) is 0 Å². The number of benzene rings is 1. The summed E-state index contributed by atoms with van der Waals surface area (Å²) < 4.78 is 0.516. The second-order valence-electron chi connectivity index (χ2n) is 3.37. The van der Waals surface area contributed by atoms with E-state index in [0.717, 1.165) is 0 Å². The highest BCUT2D eigenvalue weighted by Crippen LogP contribution is 2.23. The van der Waals surface area contributed by atoms with Crippen LogP contribution >= 0.6 is 27.5 Å². The van der Waals surface area contributed by atoms with E-state index in [1.165, 1.54) is 6.07 Å². The molecule has 0 spiro atoms. The van der Waals surface area contributed by atoms with Gasteiger partial charge in [-0.25, -0.2) is 4.79 Å².